The maximum Gasteiger partial charge on any atom is 0.230 e. The highest BCUT2D eigenvalue weighted by molar-refractivity contribution is 7.91. The topological polar surface area (TPSA) is 95.4 Å². The second-order valence-corrected chi connectivity index (χ2v) is 7.85. The normalized spacial score (nSPS) is 12.4. The number of aromatic nitrogens is 1. The maximum absolute atomic E-state index is 12.0. The molecule has 2 aromatic rings. The Labute approximate surface area is 123 Å². The second-order valence-electron chi connectivity index (χ2n) is 5.28. The van der Waals surface area contributed by atoms with Crippen molar-refractivity contribution in [1.29, 1.82) is 0 Å². The van der Waals surface area contributed by atoms with E-state index >= 15 is 0 Å². The number of sulfone groups is 1. The van der Waals surface area contributed by atoms with Crippen molar-refractivity contribution in [2.75, 3.05) is 19.1 Å². The van der Waals surface area contributed by atoms with Crippen LogP contribution in [0.25, 0.3) is 11.1 Å². The molecule has 6 nitrogen and oxygen atoms in total. The van der Waals surface area contributed by atoms with Crippen LogP contribution in [0.2, 0.25) is 0 Å². The summed E-state index contributed by atoms with van der Waals surface area (Å²) in [6, 6.07) is 7.09. The standard InChI is InChI=1S/C14H18N2O4S/c1-14(2,21(4,17)18)12-11(13(15)20-16-12)9-5-7-10(19-3)8-6-9/h5-8H,15H2,1-4H3. The number of hydrogen-bond acceptors (Lipinski definition) is 6. The first kappa shape index (κ1) is 15.4. The maximum atomic E-state index is 12.0. The minimum absolute atomic E-state index is 0.0897. The van der Waals surface area contributed by atoms with Crippen molar-refractivity contribution in [2.24, 2.45) is 0 Å². The summed E-state index contributed by atoms with van der Waals surface area (Å²) < 4.78 is 32.9. The van der Waals surface area contributed by atoms with Crippen LogP contribution >= 0.6 is 0 Å². The molecule has 0 aliphatic carbocycles. The van der Waals surface area contributed by atoms with Crippen molar-refractivity contribution < 1.29 is 17.7 Å². The van der Waals surface area contributed by atoms with Gasteiger partial charge in [-0.3, -0.25) is 0 Å². The third-order valence-corrected chi connectivity index (χ3v) is 5.64. The van der Waals surface area contributed by atoms with Gasteiger partial charge in [0.25, 0.3) is 0 Å². The lowest BCUT2D eigenvalue weighted by molar-refractivity contribution is 0.415. The van der Waals surface area contributed by atoms with E-state index in [1.807, 2.05) is 0 Å². The smallest absolute Gasteiger partial charge is 0.230 e. The number of benzene rings is 1. The minimum Gasteiger partial charge on any atom is -0.497 e. The van der Waals surface area contributed by atoms with Crippen LogP contribution in [-0.2, 0) is 14.6 Å². The van der Waals surface area contributed by atoms with E-state index in [9.17, 15) is 8.42 Å². The molecule has 2 rings (SSSR count). The van der Waals surface area contributed by atoms with Crippen LogP contribution in [0.5, 0.6) is 5.75 Å². The number of methoxy groups -OCH3 is 1. The van der Waals surface area contributed by atoms with E-state index in [1.165, 1.54) is 0 Å². The van der Waals surface area contributed by atoms with E-state index in [2.05, 4.69) is 5.16 Å². The Balaban J connectivity index is 2.62. The van der Waals surface area contributed by atoms with Crippen molar-refractivity contribution in [3.05, 3.63) is 30.0 Å². The summed E-state index contributed by atoms with van der Waals surface area (Å²) in [5.74, 6) is 0.782. The molecular formula is C14H18N2O4S. The highest BCUT2D eigenvalue weighted by atomic mass is 32.2. The van der Waals surface area contributed by atoms with E-state index in [1.54, 1.807) is 45.2 Å². The zero-order chi connectivity index (χ0) is 15.8. The highest BCUT2D eigenvalue weighted by Crippen LogP contribution is 2.39. The molecule has 0 saturated carbocycles. The molecule has 7 heteroatoms. The van der Waals surface area contributed by atoms with Crippen molar-refractivity contribution in [3.8, 4) is 16.9 Å². The first-order chi connectivity index (χ1) is 9.68. The predicted octanol–water partition coefficient (Wildman–Crippen LogP) is 2.21. The fourth-order valence-electron chi connectivity index (χ4n) is 1.93. The van der Waals surface area contributed by atoms with Gasteiger partial charge in [-0.25, -0.2) is 8.42 Å². The Bertz CT molecular complexity index is 746. The number of nitrogen functional groups attached to an aromatic ring is 1. The Morgan fingerprint density at radius 1 is 1.24 bits per heavy atom. The third-order valence-electron chi connectivity index (χ3n) is 3.59. The lowest BCUT2D eigenvalue weighted by Crippen LogP contribution is -2.29. The van der Waals surface area contributed by atoms with Crippen LogP contribution in [0.4, 0.5) is 5.88 Å². The SMILES string of the molecule is COc1ccc(-c2c(C(C)(C)S(C)(=O)=O)noc2N)cc1. The van der Waals surface area contributed by atoms with Gasteiger partial charge in [0.1, 0.15) is 16.2 Å². The van der Waals surface area contributed by atoms with E-state index in [0.717, 1.165) is 11.8 Å². The van der Waals surface area contributed by atoms with Gasteiger partial charge in [-0.2, -0.15) is 0 Å². The number of rotatable bonds is 4. The summed E-state index contributed by atoms with van der Waals surface area (Å²) in [6.45, 7) is 3.15. The van der Waals surface area contributed by atoms with Gasteiger partial charge in [-0.1, -0.05) is 17.3 Å². The summed E-state index contributed by atoms with van der Waals surface area (Å²) >= 11 is 0. The molecule has 114 valence electrons. The van der Waals surface area contributed by atoms with Gasteiger partial charge in [0.05, 0.1) is 12.7 Å². The van der Waals surface area contributed by atoms with E-state index < -0.39 is 14.6 Å². The second kappa shape index (κ2) is 5.07. The summed E-state index contributed by atoms with van der Waals surface area (Å²) in [5.41, 5.74) is 7.34. The molecule has 0 saturated heterocycles. The number of nitrogens with two attached hydrogens (primary N) is 1. The fourth-order valence-corrected chi connectivity index (χ4v) is 2.42. The van der Waals surface area contributed by atoms with Crippen molar-refractivity contribution >= 4 is 15.7 Å². The molecule has 0 amide bonds. The number of hydrogen-bond donors (Lipinski definition) is 1. The van der Waals surface area contributed by atoms with E-state index in [0.29, 0.717) is 17.0 Å². The number of ether oxygens (including phenoxy) is 1. The van der Waals surface area contributed by atoms with E-state index in [-0.39, 0.29) is 5.88 Å². The number of anilines is 1. The Morgan fingerprint density at radius 3 is 2.29 bits per heavy atom. The molecule has 0 fully saturated rings. The molecule has 1 aromatic heterocycles. The molecule has 0 unspecified atom stereocenters. The molecule has 0 atom stereocenters. The minimum atomic E-state index is -3.39. The van der Waals surface area contributed by atoms with Gasteiger partial charge >= 0.3 is 0 Å². The molecular weight excluding hydrogens is 292 g/mol. The largest absolute Gasteiger partial charge is 0.497 e. The lowest BCUT2D eigenvalue weighted by Gasteiger charge is -2.21. The van der Waals surface area contributed by atoms with Crippen LogP contribution in [0.15, 0.2) is 28.8 Å². The average molecular weight is 310 g/mol. The molecule has 0 bridgehead atoms. The summed E-state index contributed by atoms with van der Waals surface area (Å²) in [6.07, 6.45) is 1.16. The summed E-state index contributed by atoms with van der Waals surface area (Å²) in [7, 11) is -1.82. The van der Waals surface area contributed by atoms with Crippen molar-refractivity contribution in [2.45, 2.75) is 18.6 Å². The quantitative estimate of drug-likeness (QED) is 0.930. The van der Waals surface area contributed by atoms with Gasteiger partial charge in [0.2, 0.25) is 5.88 Å². The van der Waals surface area contributed by atoms with Gasteiger partial charge in [0, 0.05) is 6.26 Å². The van der Waals surface area contributed by atoms with Gasteiger partial charge in [-0.15, -0.1) is 0 Å². The highest BCUT2D eigenvalue weighted by Gasteiger charge is 2.39. The van der Waals surface area contributed by atoms with Crippen molar-refractivity contribution in [1.82, 2.24) is 5.16 Å². The first-order valence-corrected chi connectivity index (χ1v) is 8.17. The first-order valence-electron chi connectivity index (χ1n) is 6.28. The Kier molecular flexibility index (Phi) is 3.71. The fraction of sp³-hybridized carbons (Fsp3) is 0.357. The molecule has 0 radical (unpaired) electrons. The van der Waals surface area contributed by atoms with Crippen LogP contribution in [0, 0.1) is 0 Å². The molecule has 0 aliphatic rings. The van der Waals surface area contributed by atoms with Crippen LogP contribution in [0.1, 0.15) is 19.5 Å². The Morgan fingerprint density at radius 2 is 1.81 bits per heavy atom. The molecule has 0 spiro atoms. The van der Waals surface area contributed by atoms with Crippen LogP contribution in [0.3, 0.4) is 0 Å². The van der Waals surface area contributed by atoms with Crippen LogP contribution in [-0.4, -0.2) is 26.9 Å². The molecule has 1 heterocycles. The lowest BCUT2D eigenvalue weighted by atomic mass is 9.98. The summed E-state index contributed by atoms with van der Waals surface area (Å²) in [5, 5.41) is 3.86. The number of nitrogens with zero attached hydrogens (tertiary/aromatic N) is 1. The average Bonchev–Trinajstić information content (AvgIpc) is 2.80. The predicted molar refractivity (Wildman–Crippen MR) is 80.8 cm³/mol. The van der Waals surface area contributed by atoms with Gasteiger partial charge in [-0.05, 0) is 31.5 Å². The van der Waals surface area contributed by atoms with E-state index in [4.69, 9.17) is 15.0 Å². The monoisotopic (exact) mass is 310 g/mol. The molecule has 2 N–H and O–H groups in total. The van der Waals surface area contributed by atoms with Gasteiger partial charge in [0.15, 0.2) is 9.84 Å². The van der Waals surface area contributed by atoms with Crippen molar-refractivity contribution in [3.63, 3.8) is 0 Å². The zero-order valence-electron chi connectivity index (χ0n) is 12.4. The zero-order valence-corrected chi connectivity index (χ0v) is 13.2. The molecule has 0 aliphatic heterocycles. The summed E-state index contributed by atoms with van der Waals surface area (Å²) in [4.78, 5) is 0. The third kappa shape index (κ3) is 2.61. The Hall–Kier alpha value is -2.02. The van der Waals surface area contributed by atoms with Gasteiger partial charge < -0.3 is 15.0 Å². The molecule has 21 heavy (non-hydrogen) atoms. The van der Waals surface area contributed by atoms with Crippen LogP contribution < -0.4 is 10.5 Å². The molecule has 1 aromatic carbocycles.